The van der Waals surface area contributed by atoms with Crippen LogP contribution in [0.4, 0.5) is 0 Å². The van der Waals surface area contributed by atoms with Gasteiger partial charge in [-0.05, 0) is 38.9 Å². The Bertz CT molecular complexity index is 882. The molecule has 134 valence electrons. The molecule has 2 fully saturated rings. The van der Waals surface area contributed by atoms with Gasteiger partial charge in [0.05, 0.1) is 11.3 Å². The molecule has 2 aromatic rings. The van der Waals surface area contributed by atoms with Gasteiger partial charge in [0, 0.05) is 25.6 Å². The van der Waals surface area contributed by atoms with E-state index < -0.39 is 0 Å². The molecule has 1 aliphatic carbocycles. The van der Waals surface area contributed by atoms with Crippen LogP contribution in [0.15, 0.2) is 16.7 Å². The summed E-state index contributed by atoms with van der Waals surface area (Å²) in [7, 11) is 2.00. The fourth-order valence-electron chi connectivity index (χ4n) is 3.18. The summed E-state index contributed by atoms with van der Waals surface area (Å²) in [6, 6.07) is 5.20. The van der Waals surface area contributed by atoms with Crippen molar-refractivity contribution in [1.82, 2.24) is 24.9 Å². The highest BCUT2D eigenvalue weighted by Crippen LogP contribution is 2.38. The van der Waals surface area contributed by atoms with Crippen molar-refractivity contribution in [3.63, 3.8) is 0 Å². The maximum atomic E-state index is 12.9. The summed E-state index contributed by atoms with van der Waals surface area (Å²) in [5, 5.41) is 13.1. The van der Waals surface area contributed by atoms with Crippen molar-refractivity contribution in [1.29, 1.82) is 5.26 Å². The summed E-state index contributed by atoms with van der Waals surface area (Å²) < 4.78 is 5.47. The third-order valence-corrected chi connectivity index (χ3v) is 5.05. The van der Waals surface area contributed by atoms with Gasteiger partial charge < -0.3 is 9.42 Å². The van der Waals surface area contributed by atoms with Gasteiger partial charge in [-0.1, -0.05) is 5.16 Å². The first kappa shape index (κ1) is 16.7. The molecule has 8 heteroatoms. The molecule has 1 aliphatic heterocycles. The Morgan fingerprint density at radius 3 is 2.81 bits per heavy atom. The van der Waals surface area contributed by atoms with E-state index in [2.05, 4.69) is 26.1 Å². The van der Waals surface area contributed by atoms with Crippen molar-refractivity contribution in [3.05, 3.63) is 40.8 Å². The Hall–Kier alpha value is -2.79. The molecular formula is C18H20N6O2. The van der Waals surface area contributed by atoms with Crippen molar-refractivity contribution in [2.75, 3.05) is 26.7 Å². The van der Waals surface area contributed by atoms with Crippen molar-refractivity contribution < 1.29 is 9.32 Å². The van der Waals surface area contributed by atoms with E-state index in [9.17, 15) is 4.79 Å². The third-order valence-electron chi connectivity index (χ3n) is 5.05. The number of aromatic nitrogens is 3. The largest absolute Gasteiger partial charge is 0.338 e. The predicted molar refractivity (Wildman–Crippen MR) is 91.2 cm³/mol. The number of hydrogen-bond donors (Lipinski definition) is 0. The van der Waals surface area contributed by atoms with Crippen LogP contribution in [0.5, 0.6) is 0 Å². The zero-order valence-corrected chi connectivity index (χ0v) is 14.8. The first-order valence-corrected chi connectivity index (χ1v) is 8.77. The van der Waals surface area contributed by atoms with Crippen molar-refractivity contribution in [2.45, 2.75) is 31.7 Å². The second kappa shape index (κ2) is 6.50. The number of carbonyl (C=O) groups excluding carboxylic acids is 1. The zero-order valence-electron chi connectivity index (χ0n) is 14.8. The van der Waals surface area contributed by atoms with Gasteiger partial charge in [0.15, 0.2) is 5.82 Å². The molecule has 8 nitrogen and oxygen atoms in total. The van der Waals surface area contributed by atoms with E-state index in [0.29, 0.717) is 48.4 Å². The van der Waals surface area contributed by atoms with E-state index in [4.69, 9.17) is 9.78 Å². The summed E-state index contributed by atoms with van der Waals surface area (Å²) in [4.78, 5) is 25.6. The number of carbonyl (C=O) groups is 1. The molecule has 3 heterocycles. The zero-order chi connectivity index (χ0) is 18.3. The summed E-state index contributed by atoms with van der Waals surface area (Å²) >= 11 is 0. The minimum atomic E-state index is -0.141. The van der Waals surface area contributed by atoms with E-state index >= 15 is 0 Å². The molecule has 2 aromatic heterocycles. The lowest BCUT2D eigenvalue weighted by atomic mass is 10.1. The third kappa shape index (κ3) is 3.06. The van der Waals surface area contributed by atoms with Crippen LogP contribution in [0.2, 0.25) is 0 Å². The summed E-state index contributed by atoms with van der Waals surface area (Å²) in [5.74, 6) is 1.64. The van der Waals surface area contributed by atoms with Crippen LogP contribution in [-0.4, -0.2) is 57.5 Å². The fraction of sp³-hybridized carbons (Fsp3) is 0.500. The summed E-state index contributed by atoms with van der Waals surface area (Å²) in [5.41, 5.74) is 1.40. The molecule has 0 unspecified atom stereocenters. The highest BCUT2D eigenvalue weighted by atomic mass is 16.5. The van der Waals surface area contributed by atoms with Gasteiger partial charge in [-0.3, -0.25) is 9.69 Å². The van der Waals surface area contributed by atoms with Gasteiger partial charge in [0.2, 0.25) is 5.89 Å². The van der Waals surface area contributed by atoms with Crippen LogP contribution in [0, 0.1) is 18.3 Å². The second-order valence-electron chi connectivity index (χ2n) is 6.95. The first-order chi connectivity index (χ1) is 12.6. The number of nitrogens with zero attached hydrogens (tertiary/aromatic N) is 6. The molecule has 1 amide bonds. The van der Waals surface area contributed by atoms with Crippen molar-refractivity contribution >= 4 is 5.91 Å². The molecular weight excluding hydrogens is 332 g/mol. The number of likely N-dealkylation sites (N-methyl/N-ethyl adjacent to an activating group) is 1. The molecule has 0 aromatic carbocycles. The summed E-state index contributed by atoms with van der Waals surface area (Å²) in [6.45, 7) is 3.53. The van der Waals surface area contributed by atoms with Gasteiger partial charge >= 0.3 is 0 Å². The number of piperazine rings is 1. The normalized spacial score (nSPS) is 20.8. The predicted octanol–water partition coefficient (Wildman–Crippen LogP) is 1.65. The minimum Gasteiger partial charge on any atom is -0.338 e. The molecule has 1 saturated carbocycles. The van der Waals surface area contributed by atoms with Gasteiger partial charge in [-0.15, -0.1) is 0 Å². The quantitative estimate of drug-likeness (QED) is 0.828. The van der Waals surface area contributed by atoms with E-state index in [0.717, 1.165) is 18.7 Å². The molecule has 26 heavy (non-hydrogen) atoms. The topological polar surface area (TPSA) is 99.2 Å². The van der Waals surface area contributed by atoms with Gasteiger partial charge in [-0.2, -0.15) is 10.2 Å². The Balaban J connectivity index is 1.52. The van der Waals surface area contributed by atoms with E-state index in [1.165, 1.54) is 0 Å². The van der Waals surface area contributed by atoms with Gasteiger partial charge in [0.25, 0.3) is 5.91 Å². The van der Waals surface area contributed by atoms with E-state index in [-0.39, 0.29) is 11.9 Å². The number of rotatable bonds is 3. The van der Waals surface area contributed by atoms with E-state index in [1.807, 2.05) is 7.05 Å². The molecule has 0 radical (unpaired) electrons. The molecule has 1 atom stereocenters. The average molecular weight is 352 g/mol. The lowest BCUT2D eigenvalue weighted by Gasteiger charge is -2.37. The van der Waals surface area contributed by atoms with Crippen LogP contribution in [0.1, 0.15) is 58.3 Å². The summed E-state index contributed by atoms with van der Waals surface area (Å²) in [6.07, 6.45) is 2.24. The van der Waals surface area contributed by atoms with Crippen LogP contribution < -0.4 is 0 Å². The van der Waals surface area contributed by atoms with E-state index in [1.54, 1.807) is 24.0 Å². The average Bonchev–Trinajstić information content (AvgIpc) is 3.39. The van der Waals surface area contributed by atoms with Gasteiger partial charge in [-0.25, -0.2) is 4.98 Å². The smallest absolute Gasteiger partial charge is 0.272 e. The lowest BCUT2D eigenvalue weighted by Crippen LogP contribution is -2.49. The highest BCUT2D eigenvalue weighted by molar-refractivity contribution is 5.92. The molecule has 0 bridgehead atoms. The standard InChI is InChI=1S/C18H20N6O2/c1-11-13(9-19)5-6-14(20-11)18(25)24-8-7-23(2)15(10-24)17-21-16(22-26-17)12-3-4-12/h5-6,12,15H,3-4,7-8,10H2,1-2H3/t15-/m1/s1. The Kier molecular flexibility index (Phi) is 4.17. The fourth-order valence-corrected chi connectivity index (χ4v) is 3.18. The Labute approximate surface area is 151 Å². The van der Waals surface area contributed by atoms with Crippen LogP contribution >= 0.6 is 0 Å². The highest BCUT2D eigenvalue weighted by Gasteiger charge is 2.35. The van der Waals surface area contributed by atoms with Crippen molar-refractivity contribution in [2.24, 2.45) is 0 Å². The van der Waals surface area contributed by atoms with Gasteiger partial charge in [0.1, 0.15) is 17.8 Å². The number of pyridine rings is 1. The number of aryl methyl sites for hydroxylation is 1. The second-order valence-corrected chi connectivity index (χ2v) is 6.95. The molecule has 0 spiro atoms. The monoisotopic (exact) mass is 352 g/mol. The lowest BCUT2D eigenvalue weighted by molar-refractivity contribution is 0.0483. The number of nitriles is 1. The Morgan fingerprint density at radius 2 is 2.12 bits per heavy atom. The molecule has 2 aliphatic rings. The molecule has 1 saturated heterocycles. The van der Waals surface area contributed by atoms with Crippen LogP contribution in [-0.2, 0) is 0 Å². The Morgan fingerprint density at radius 1 is 1.31 bits per heavy atom. The first-order valence-electron chi connectivity index (χ1n) is 8.77. The number of amides is 1. The molecule has 0 N–H and O–H groups in total. The van der Waals surface area contributed by atoms with Crippen LogP contribution in [0.3, 0.4) is 0 Å². The minimum absolute atomic E-state index is 0.118. The number of hydrogen-bond acceptors (Lipinski definition) is 7. The molecule has 4 rings (SSSR count). The van der Waals surface area contributed by atoms with Crippen LogP contribution in [0.25, 0.3) is 0 Å². The van der Waals surface area contributed by atoms with Crippen molar-refractivity contribution in [3.8, 4) is 6.07 Å². The maximum absolute atomic E-state index is 12.9. The maximum Gasteiger partial charge on any atom is 0.272 e. The SMILES string of the molecule is Cc1nc(C(=O)N2CCN(C)[C@@H](c3nc(C4CC4)no3)C2)ccc1C#N.